The molecular formula is C17H18ClN3O2. The molecule has 0 aliphatic rings. The minimum atomic E-state index is -0.321. The Balaban J connectivity index is 1.95. The fourth-order valence-corrected chi connectivity index (χ4v) is 2.04. The van der Waals surface area contributed by atoms with E-state index in [9.17, 15) is 9.59 Å². The van der Waals surface area contributed by atoms with Crippen LogP contribution in [0.4, 0.5) is 11.4 Å². The van der Waals surface area contributed by atoms with Crippen LogP contribution in [0, 0.1) is 5.92 Å². The van der Waals surface area contributed by atoms with Gasteiger partial charge in [-0.05, 0) is 42.3 Å². The van der Waals surface area contributed by atoms with Crippen molar-refractivity contribution in [1.82, 2.24) is 4.98 Å². The highest BCUT2D eigenvalue weighted by molar-refractivity contribution is 6.30. The summed E-state index contributed by atoms with van der Waals surface area (Å²) in [5.74, 6) is -0.0409. The molecule has 0 atom stereocenters. The van der Waals surface area contributed by atoms with Gasteiger partial charge in [0.1, 0.15) is 5.69 Å². The van der Waals surface area contributed by atoms with Gasteiger partial charge >= 0.3 is 0 Å². The van der Waals surface area contributed by atoms with Crippen molar-refractivity contribution in [1.29, 1.82) is 0 Å². The van der Waals surface area contributed by atoms with E-state index in [1.165, 1.54) is 6.20 Å². The number of anilines is 2. The minimum absolute atomic E-state index is 0.0258. The molecule has 0 radical (unpaired) electrons. The van der Waals surface area contributed by atoms with Crippen LogP contribution in [0.25, 0.3) is 0 Å². The van der Waals surface area contributed by atoms with E-state index in [-0.39, 0.29) is 17.5 Å². The number of carbonyl (C=O) groups is 2. The van der Waals surface area contributed by atoms with Crippen molar-refractivity contribution in [3.63, 3.8) is 0 Å². The molecule has 23 heavy (non-hydrogen) atoms. The van der Waals surface area contributed by atoms with Crippen LogP contribution in [-0.4, -0.2) is 16.8 Å². The van der Waals surface area contributed by atoms with Crippen LogP contribution in [-0.2, 0) is 4.79 Å². The molecule has 1 heterocycles. The van der Waals surface area contributed by atoms with Crippen LogP contribution in [0.2, 0.25) is 5.02 Å². The molecule has 2 rings (SSSR count). The zero-order valence-corrected chi connectivity index (χ0v) is 13.7. The fraction of sp³-hybridized carbons (Fsp3) is 0.235. The van der Waals surface area contributed by atoms with Crippen molar-refractivity contribution in [2.24, 2.45) is 5.92 Å². The highest BCUT2D eigenvalue weighted by Crippen LogP contribution is 2.15. The molecule has 1 aromatic carbocycles. The Morgan fingerprint density at radius 3 is 2.17 bits per heavy atom. The maximum absolute atomic E-state index is 12.0. The SMILES string of the molecule is CC(C)CC(=O)Nc1ccc(NC(=O)c2ccc(Cl)cn2)cc1. The lowest BCUT2D eigenvalue weighted by molar-refractivity contribution is -0.116. The van der Waals surface area contributed by atoms with Gasteiger partial charge in [-0.3, -0.25) is 9.59 Å². The number of pyridine rings is 1. The molecule has 0 unspecified atom stereocenters. The maximum Gasteiger partial charge on any atom is 0.274 e. The molecule has 0 aliphatic carbocycles. The summed E-state index contributed by atoms with van der Waals surface area (Å²) in [5, 5.41) is 6.02. The van der Waals surface area contributed by atoms with Crippen LogP contribution < -0.4 is 10.6 Å². The molecule has 2 aromatic rings. The molecule has 120 valence electrons. The number of carbonyl (C=O) groups excluding carboxylic acids is 2. The molecule has 0 aliphatic heterocycles. The van der Waals surface area contributed by atoms with Crippen molar-refractivity contribution in [3.05, 3.63) is 53.3 Å². The van der Waals surface area contributed by atoms with Crippen molar-refractivity contribution in [2.45, 2.75) is 20.3 Å². The second-order valence-corrected chi connectivity index (χ2v) is 5.98. The van der Waals surface area contributed by atoms with Crippen LogP contribution >= 0.6 is 11.6 Å². The molecule has 0 saturated heterocycles. The number of hydrogen-bond donors (Lipinski definition) is 2. The summed E-state index contributed by atoms with van der Waals surface area (Å²) in [6.07, 6.45) is 1.89. The Hall–Kier alpha value is -2.40. The Bertz CT molecular complexity index is 682. The number of nitrogens with zero attached hydrogens (tertiary/aromatic N) is 1. The van der Waals surface area contributed by atoms with Gasteiger partial charge < -0.3 is 10.6 Å². The van der Waals surface area contributed by atoms with Crippen molar-refractivity contribution in [3.8, 4) is 0 Å². The van der Waals surface area contributed by atoms with Gasteiger partial charge in [0.05, 0.1) is 5.02 Å². The number of halogens is 1. The van der Waals surface area contributed by atoms with Gasteiger partial charge in [0, 0.05) is 24.0 Å². The highest BCUT2D eigenvalue weighted by atomic mass is 35.5. The third-order valence-electron chi connectivity index (χ3n) is 2.98. The number of rotatable bonds is 5. The highest BCUT2D eigenvalue weighted by Gasteiger charge is 2.08. The predicted molar refractivity (Wildman–Crippen MR) is 91.7 cm³/mol. The van der Waals surface area contributed by atoms with Crippen molar-refractivity contribution < 1.29 is 9.59 Å². The minimum Gasteiger partial charge on any atom is -0.326 e. The van der Waals surface area contributed by atoms with E-state index in [2.05, 4.69) is 15.6 Å². The molecule has 0 fully saturated rings. The third kappa shape index (κ3) is 5.38. The number of nitrogens with one attached hydrogen (secondary N) is 2. The van der Waals surface area contributed by atoms with E-state index in [4.69, 9.17) is 11.6 Å². The standard InChI is InChI=1S/C17H18ClN3O2/c1-11(2)9-16(22)20-13-4-6-14(7-5-13)21-17(23)15-8-3-12(18)10-19-15/h3-8,10-11H,9H2,1-2H3,(H,20,22)(H,21,23). The van der Waals surface area contributed by atoms with Gasteiger partial charge in [0.15, 0.2) is 0 Å². The summed E-state index contributed by atoms with van der Waals surface area (Å²) in [6, 6.07) is 10.1. The number of amides is 2. The molecular weight excluding hydrogens is 314 g/mol. The normalized spacial score (nSPS) is 10.4. The molecule has 2 N–H and O–H groups in total. The Kier molecular flexibility index (Phi) is 5.71. The van der Waals surface area contributed by atoms with E-state index >= 15 is 0 Å². The molecule has 6 heteroatoms. The first-order chi connectivity index (χ1) is 10.9. The van der Waals surface area contributed by atoms with Crippen LogP contribution in [0.5, 0.6) is 0 Å². The molecule has 1 aromatic heterocycles. The largest absolute Gasteiger partial charge is 0.326 e. The van der Waals surface area contributed by atoms with E-state index in [1.807, 2.05) is 13.8 Å². The van der Waals surface area contributed by atoms with E-state index in [0.717, 1.165) is 0 Å². The lowest BCUT2D eigenvalue weighted by Crippen LogP contribution is -2.15. The molecule has 5 nitrogen and oxygen atoms in total. The Morgan fingerprint density at radius 1 is 1.04 bits per heavy atom. The number of benzene rings is 1. The third-order valence-corrected chi connectivity index (χ3v) is 3.20. The predicted octanol–water partition coefficient (Wildman–Crippen LogP) is 3.97. The van der Waals surface area contributed by atoms with Gasteiger partial charge in [0.25, 0.3) is 5.91 Å². The molecule has 0 saturated carbocycles. The Morgan fingerprint density at radius 2 is 1.65 bits per heavy atom. The van der Waals surface area contributed by atoms with Crippen molar-refractivity contribution >= 4 is 34.8 Å². The van der Waals surface area contributed by atoms with Gasteiger partial charge in [-0.2, -0.15) is 0 Å². The molecule has 0 bridgehead atoms. The summed E-state index contributed by atoms with van der Waals surface area (Å²) >= 11 is 5.74. The van der Waals surface area contributed by atoms with Gasteiger partial charge in [-0.25, -0.2) is 4.98 Å². The van der Waals surface area contributed by atoms with Crippen LogP contribution in [0.1, 0.15) is 30.8 Å². The maximum atomic E-state index is 12.0. The second-order valence-electron chi connectivity index (χ2n) is 5.54. The monoisotopic (exact) mass is 331 g/mol. The quantitative estimate of drug-likeness (QED) is 0.870. The first-order valence-electron chi connectivity index (χ1n) is 7.27. The number of aromatic nitrogens is 1. The summed E-state index contributed by atoms with van der Waals surface area (Å²) in [6.45, 7) is 3.98. The fourth-order valence-electron chi connectivity index (χ4n) is 1.92. The molecule has 0 spiro atoms. The van der Waals surface area contributed by atoms with Gasteiger partial charge in [-0.15, -0.1) is 0 Å². The van der Waals surface area contributed by atoms with Crippen LogP contribution in [0.15, 0.2) is 42.6 Å². The topological polar surface area (TPSA) is 71.1 Å². The zero-order chi connectivity index (χ0) is 16.8. The van der Waals surface area contributed by atoms with E-state index in [0.29, 0.717) is 28.7 Å². The van der Waals surface area contributed by atoms with Crippen LogP contribution in [0.3, 0.4) is 0 Å². The molecule has 2 amide bonds. The second kappa shape index (κ2) is 7.74. The Labute approximate surface area is 140 Å². The van der Waals surface area contributed by atoms with Crippen molar-refractivity contribution in [2.75, 3.05) is 10.6 Å². The number of hydrogen-bond acceptors (Lipinski definition) is 3. The van der Waals surface area contributed by atoms with E-state index < -0.39 is 0 Å². The average Bonchev–Trinajstić information content (AvgIpc) is 2.49. The summed E-state index contributed by atoms with van der Waals surface area (Å²) in [4.78, 5) is 27.7. The van der Waals surface area contributed by atoms with Gasteiger partial charge in [0.2, 0.25) is 5.91 Å². The van der Waals surface area contributed by atoms with Gasteiger partial charge in [-0.1, -0.05) is 25.4 Å². The summed E-state index contributed by atoms with van der Waals surface area (Å²) in [5.41, 5.74) is 1.59. The lowest BCUT2D eigenvalue weighted by Gasteiger charge is -2.09. The van der Waals surface area contributed by atoms with E-state index in [1.54, 1.807) is 36.4 Å². The first kappa shape index (κ1) is 17.0. The first-order valence-corrected chi connectivity index (χ1v) is 7.64. The lowest BCUT2D eigenvalue weighted by atomic mass is 10.1. The summed E-state index contributed by atoms with van der Waals surface area (Å²) < 4.78 is 0. The zero-order valence-electron chi connectivity index (χ0n) is 13.0. The summed E-state index contributed by atoms with van der Waals surface area (Å²) in [7, 11) is 0. The smallest absolute Gasteiger partial charge is 0.274 e. The average molecular weight is 332 g/mol.